The Hall–Kier alpha value is -0.520. The molecule has 0 N–H and O–H groups in total. The molecule has 0 aromatic carbocycles. The van der Waals surface area contributed by atoms with E-state index in [0.29, 0.717) is 0 Å². The number of fused-ring (bicyclic) bond motifs is 1. The van der Waals surface area contributed by atoms with E-state index in [1.807, 2.05) is 5.57 Å². The van der Waals surface area contributed by atoms with Crippen molar-refractivity contribution in [3.05, 3.63) is 22.8 Å². The normalized spacial score (nSPS) is 35.3. The molecule has 0 radical (unpaired) electrons. The minimum atomic E-state index is 0.777. The van der Waals surface area contributed by atoms with Crippen LogP contribution in [0.2, 0.25) is 0 Å². The van der Waals surface area contributed by atoms with Crippen LogP contribution in [-0.2, 0) is 0 Å². The molecule has 0 heteroatoms. The first kappa shape index (κ1) is 11.0. The number of rotatable bonds is 1. The first-order valence-electron chi connectivity index (χ1n) is 6.44. The zero-order valence-electron chi connectivity index (χ0n) is 10.6. The van der Waals surface area contributed by atoms with Crippen LogP contribution in [0.3, 0.4) is 0 Å². The van der Waals surface area contributed by atoms with E-state index in [0.717, 1.165) is 17.8 Å². The largest absolute Gasteiger partial charge is 0.0798 e. The summed E-state index contributed by atoms with van der Waals surface area (Å²) >= 11 is 0. The predicted octanol–water partition coefficient (Wildman–Crippen LogP) is 4.73. The van der Waals surface area contributed by atoms with E-state index in [2.05, 4.69) is 33.8 Å². The summed E-state index contributed by atoms with van der Waals surface area (Å²) in [6, 6.07) is 0. The second-order valence-corrected chi connectivity index (χ2v) is 5.79. The Labute approximate surface area is 94.5 Å². The maximum atomic E-state index is 2.50. The minimum Gasteiger partial charge on any atom is -0.0798 e. The topological polar surface area (TPSA) is 0 Å². The van der Waals surface area contributed by atoms with Crippen LogP contribution in [0.1, 0.15) is 53.4 Å². The van der Waals surface area contributed by atoms with Crippen LogP contribution in [0.4, 0.5) is 0 Å². The quantitative estimate of drug-likeness (QED) is 0.542. The van der Waals surface area contributed by atoms with Crippen molar-refractivity contribution in [3.63, 3.8) is 0 Å². The van der Waals surface area contributed by atoms with Crippen LogP contribution < -0.4 is 0 Å². The Morgan fingerprint density at radius 3 is 2.60 bits per heavy atom. The van der Waals surface area contributed by atoms with Crippen LogP contribution in [0.25, 0.3) is 0 Å². The van der Waals surface area contributed by atoms with Crippen molar-refractivity contribution in [2.45, 2.75) is 53.4 Å². The van der Waals surface area contributed by atoms with Gasteiger partial charge in [-0.2, -0.15) is 0 Å². The fourth-order valence-corrected chi connectivity index (χ4v) is 3.55. The molecule has 1 saturated carbocycles. The summed E-state index contributed by atoms with van der Waals surface area (Å²) in [7, 11) is 0. The lowest BCUT2D eigenvalue weighted by Gasteiger charge is -2.34. The summed E-state index contributed by atoms with van der Waals surface area (Å²) in [6.07, 6.45) is 8.10. The van der Waals surface area contributed by atoms with Crippen molar-refractivity contribution in [2.24, 2.45) is 17.8 Å². The average Bonchev–Trinajstić information content (AvgIpc) is 2.54. The van der Waals surface area contributed by atoms with Gasteiger partial charge in [-0.1, -0.05) is 29.7 Å². The lowest BCUT2D eigenvalue weighted by Crippen LogP contribution is -2.23. The van der Waals surface area contributed by atoms with E-state index >= 15 is 0 Å². The Morgan fingerprint density at radius 2 is 1.93 bits per heavy atom. The molecule has 84 valence electrons. The average molecular weight is 204 g/mol. The summed E-state index contributed by atoms with van der Waals surface area (Å²) in [5.74, 6) is 2.62. The SMILES string of the molecule is CC(C)=C[C@@H]1CCC(C)[C@H]2CCC(C)=C12. The summed E-state index contributed by atoms with van der Waals surface area (Å²) < 4.78 is 0. The first-order chi connectivity index (χ1) is 7.09. The standard InChI is InChI=1S/C15H24/c1-10(2)9-13-7-5-11(3)14-8-6-12(4)15(13)14/h9,11,13-14H,5-8H2,1-4H3/t11?,13-,14+/m0/s1. The fourth-order valence-electron chi connectivity index (χ4n) is 3.55. The van der Waals surface area contributed by atoms with Crippen molar-refractivity contribution in [1.82, 2.24) is 0 Å². The van der Waals surface area contributed by atoms with E-state index in [1.54, 1.807) is 5.57 Å². The summed E-state index contributed by atoms with van der Waals surface area (Å²) in [5.41, 5.74) is 5.00. The maximum absolute atomic E-state index is 2.50. The first-order valence-corrected chi connectivity index (χ1v) is 6.44. The molecule has 15 heavy (non-hydrogen) atoms. The fraction of sp³-hybridized carbons (Fsp3) is 0.733. The Kier molecular flexibility index (Phi) is 3.04. The van der Waals surface area contributed by atoms with Gasteiger partial charge in [-0.05, 0) is 64.2 Å². The van der Waals surface area contributed by atoms with Gasteiger partial charge in [-0.15, -0.1) is 0 Å². The van der Waals surface area contributed by atoms with Gasteiger partial charge in [0, 0.05) is 0 Å². The minimum absolute atomic E-state index is 0.777. The van der Waals surface area contributed by atoms with E-state index in [4.69, 9.17) is 0 Å². The molecule has 0 saturated heterocycles. The lowest BCUT2D eigenvalue weighted by atomic mass is 9.71. The maximum Gasteiger partial charge on any atom is -0.00153 e. The highest BCUT2D eigenvalue weighted by Gasteiger charge is 2.35. The van der Waals surface area contributed by atoms with Gasteiger partial charge in [0.05, 0.1) is 0 Å². The van der Waals surface area contributed by atoms with Gasteiger partial charge >= 0.3 is 0 Å². The Balaban J connectivity index is 2.28. The highest BCUT2D eigenvalue weighted by molar-refractivity contribution is 5.30. The summed E-state index contributed by atoms with van der Waals surface area (Å²) in [5, 5.41) is 0. The van der Waals surface area contributed by atoms with Crippen molar-refractivity contribution in [2.75, 3.05) is 0 Å². The Bertz CT molecular complexity index is 302. The van der Waals surface area contributed by atoms with Gasteiger partial charge in [-0.3, -0.25) is 0 Å². The molecule has 0 aromatic rings. The van der Waals surface area contributed by atoms with Gasteiger partial charge in [0.2, 0.25) is 0 Å². The molecule has 1 fully saturated rings. The second-order valence-electron chi connectivity index (χ2n) is 5.79. The molecule has 0 heterocycles. The summed E-state index contributed by atoms with van der Waals surface area (Å²) in [4.78, 5) is 0. The molecule has 0 bridgehead atoms. The number of hydrogen-bond donors (Lipinski definition) is 0. The Morgan fingerprint density at radius 1 is 1.20 bits per heavy atom. The molecule has 3 atom stereocenters. The van der Waals surface area contributed by atoms with Crippen LogP contribution in [0.15, 0.2) is 22.8 Å². The molecule has 2 aliphatic rings. The molecule has 0 aromatic heterocycles. The number of allylic oxidation sites excluding steroid dienone is 4. The van der Waals surface area contributed by atoms with Gasteiger partial charge in [0.25, 0.3) is 0 Å². The zero-order chi connectivity index (χ0) is 11.0. The van der Waals surface area contributed by atoms with Gasteiger partial charge in [0.1, 0.15) is 0 Å². The van der Waals surface area contributed by atoms with Crippen LogP contribution in [0.5, 0.6) is 0 Å². The second kappa shape index (κ2) is 4.15. The monoisotopic (exact) mass is 204 g/mol. The van der Waals surface area contributed by atoms with E-state index < -0.39 is 0 Å². The van der Waals surface area contributed by atoms with Crippen molar-refractivity contribution in [1.29, 1.82) is 0 Å². The van der Waals surface area contributed by atoms with Gasteiger partial charge in [-0.25, -0.2) is 0 Å². The molecule has 0 amide bonds. The molecule has 0 aliphatic heterocycles. The van der Waals surface area contributed by atoms with Crippen LogP contribution >= 0.6 is 0 Å². The van der Waals surface area contributed by atoms with Crippen molar-refractivity contribution >= 4 is 0 Å². The predicted molar refractivity (Wildman–Crippen MR) is 66.7 cm³/mol. The van der Waals surface area contributed by atoms with Crippen LogP contribution in [0, 0.1) is 17.8 Å². The molecule has 1 unspecified atom stereocenters. The molecule has 2 aliphatic carbocycles. The van der Waals surface area contributed by atoms with Gasteiger partial charge in [0.15, 0.2) is 0 Å². The third kappa shape index (κ3) is 2.04. The lowest BCUT2D eigenvalue weighted by molar-refractivity contribution is 0.300. The van der Waals surface area contributed by atoms with E-state index in [1.165, 1.54) is 31.3 Å². The molecular formula is C15H24. The van der Waals surface area contributed by atoms with E-state index in [9.17, 15) is 0 Å². The summed E-state index contributed by atoms with van der Waals surface area (Å²) in [6.45, 7) is 9.27. The molecule has 0 spiro atoms. The number of hydrogen-bond acceptors (Lipinski definition) is 0. The van der Waals surface area contributed by atoms with Crippen LogP contribution in [-0.4, -0.2) is 0 Å². The smallest absolute Gasteiger partial charge is 0.00153 e. The molecule has 2 rings (SSSR count). The van der Waals surface area contributed by atoms with Gasteiger partial charge < -0.3 is 0 Å². The highest BCUT2D eigenvalue weighted by atomic mass is 14.4. The third-order valence-corrected chi connectivity index (χ3v) is 4.28. The highest BCUT2D eigenvalue weighted by Crippen LogP contribution is 2.48. The molecular weight excluding hydrogens is 180 g/mol. The van der Waals surface area contributed by atoms with E-state index in [-0.39, 0.29) is 0 Å². The molecule has 0 nitrogen and oxygen atoms in total. The third-order valence-electron chi connectivity index (χ3n) is 4.28. The zero-order valence-corrected chi connectivity index (χ0v) is 10.6. The van der Waals surface area contributed by atoms with Crippen molar-refractivity contribution < 1.29 is 0 Å². The van der Waals surface area contributed by atoms with Crippen molar-refractivity contribution in [3.8, 4) is 0 Å².